The van der Waals surface area contributed by atoms with Gasteiger partial charge in [-0.15, -0.1) is 5.10 Å². The quantitative estimate of drug-likeness (QED) is 0.463. The van der Waals surface area contributed by atoms with E-state index in [1.54, 1.807) is 17.3 Å². The lowest BCUT2D eigenvalue weighted by molar-refractivity contribution is 0.321. The van der Waals surface area contributed by atoms with E-state index in [9.17, 15) is 0 Å². The molecule has 0 spiro atoms. The average Bonchev–Trinajstić information content (AvgIpc) is 3.28. The lowest BCUT2D eigenvalue weighted by atomic mass is 9.97. The second kappa shape index (κ2) is 8.82. The molecule has 0 atom stereocenters. The van der Waals surface area contributed by atoms with E-state index >= 15 is 0 Å². The van der Waals surface area contributed by atoms with Crippen LogP contribution in [0.5, 0.6) is 5.75 Å². The Hall–Kier alpha value is -3.61. The number of para-hydroxylation sites is 1. The number of aryl methyl sites for hydroxylation is 1. The molecule has 2 heterocycles. The van der Waals surface area contributed by atoms with Crippen LogP contribution in [0, 0.1) is 6.92 Å². The van der Waals surface area contributed by atoms with Crippen molar-refractivity contribution in [1.29, 1.82) is 0 Å². The topological polar surface area (TPSA) is 78.6 Å². The molecule has 7 heteroatoms. The highest BCUT2D eigenvalue weighted by molar-refractivity contribution is 5.66. The Labute approximate surface area is 175 Å². The number of nitrogens with zero attached hydrogens (tertiary/aromatic N) is 6. The van der Waals surface area contributed by atoms with Crippen LogP contribution >= 0.6 is 0 Å². The maximum absolute atomic E-state index is 6.12. The van der Waals surface area contributed by atoms with E-state index in [1.165, 1.54) is 0 Å². The van der Waals surface area contributed by atoms with Gasteiger partial charge in [-0.25, -0.2) is 14.6 Å². The SMILES string of the molecule is Cc1cc(OCCc2ccccc2-n2cnnn2)cc(-c2ncncc2C(C)C)c1. The predicted octanol–water partition coefficient (Wildman–Crippen LogP) is 4.17. The summed E-state index contributed by atoms with van der Waals surface area (Å²) in [7, 11) is 0. The van der Waals surface area contributed by atoms with E-state index in [1.807, 2.05) is 30.5 Å². The number of hydrogen-bond donors (Lipinski definition) is 0. The molecule has 152 valence electrons. The Bertz CT molecular complexity index is 1120. The Balaban J connectivity index is 1.52. The summed E-state index contributed by atoms with van der Waals surface area (Å²) < 4.78 is 7.79. The largest absolute Gasteiger partial charge is 0.493 e. The van der Waals surface area contributed by atoms with Gasteiger partial charge >= 0.3 is 0 Å². The van der Waals surface area contributed by atoms with E-state index in [2.05, 4.69) is 64.5 Å². The summed E-state index contributed by atoms with van der Waals surface area (Å²) in [5, 5.41) is 11.4. The average molecular weight is 400 g/mol. The monoisotopic (exact) mass is 400 g/mol. The van der Waals surface area contributed by atoms with Crippen molar-refractivity contribution in [2.45, 2.75) is 33.1 Å². The molecule has 0 fully saturated rings. The molecule has 0 saturated heterocycles. The van der Waals surface area contributed by atoms with Gasteiger partial charge in [-0.05, 0) is 64.2 Å². The first-order valence-electron chi connectivity index (χ1n) is 9.98. The fourth-order valence-electron chi connectivity index (χ4n) is 3.47. The van der Waals surface area contributed by atoms with Gasteiger partial charge in [0.25, 0.3) is 0 Å². The molecule has 4 rings (SSSR count). The summed E-state index contributed by atoms with van der Waals surface area (Å²) in [6, 6.07) is 14.3. The third-order valence-corrected chi connectivity index (χ3v) is 4.91. The summed E-state index contributed by atoms with van der Waals surface area (Å²) in [6.07, 6.45) is 5.83. The Morgan fingerprint density at radius 1 is 1.10 bits per heavy atom. The van der Waals surface area contributed by atoms with E-state index in [4.69, 9.17) is 4.74 Å². The van der Waals surface area contributed by atoms with Gasteiger partial charge in [-0.2, -0.15) is 0 Å². The second-order valence-corrected chi connectivity index (χ2v) is 7.50. The number of tetrazole rings is 1. The third kappa shape index (κ3) is 4.35. The summed E-state index contributed by atoms with van der Waals surface area (Å²) in [4.78, 5) is 8.72. The van der Waals surface area contributed by atoms with Crippen LogP contribution in [0.3, 0.4) is 0 Å². The number of hydrogen-bond acceptors (Lipinski definition) is 6. The Morgan fingerprint density at radius 2 is 1.97 bits per heavy atom. The minimum absolute atomic E-state index is 0.342. The highest BCUT2D eigenvalue weighted by atomic mass is 16.5. The molecule has 30 heavy (non-hydrogen) atoms. The van der Waals surface area contributed by atoms with Gasteiger partial charge in [0.15, 0.2) is 0 Å². The predicted molar refractivity (Wildman–Crippen MR) is 115 cm³/mol. The highest BCUT2D eigenvalue weighted by Crippen LogP contribution is 2.30. The summed E-state index contributed by atoms with van der Waals surface area (Å²) >= 11 is 0. The Morgan fingerprint density at radius 3 is 2.77 bits per heavy atom. The van der Waals surface area contributed by atoms with Crippen molar-refractivity contribution in [2.24, 2.45) is 0 Å². The van der Waals surface area contributed by atoms with Gasteiger partial charge in [0.05, 0.1) is 18.0 Å². The number of aromatic nitrogens is 6. The molecule has 0 aliphatic rings. The van der Waals surface area contributed by atoms with Crippen LogP contribution in [-0.2, 0) is 6.42 Å². The van der Waals surface area contributed by atoms with Crippen molar-refractivity contribution in [3.63, 3.8) is 0 Å². The molecule has 0 amide bonds. The number of benzene rings is 2. The maximum Gasteiger partial charge on any atom is 0.143 e. The standard InChI is InChI=1S/C23H24N6O/c1-16(2)21-13-24-14-25-23(21)19-10-17(3)11-20(12-19)30-9-8-18-6-4-5-7-22(18)29-15-26-27-28-29/h4-7,10-16H,8-9H2,1-3H3. The van der Waals surface area contributed by atoms with Crippen LogP contribution in [0.25, 0.3) is 16.9 Å². The number of rotatable bonds is 7. The van der Waals surface area contributed by atoms with E-state index < -0.39 is 0 Å². The van der Waals surface area contributed by atoms with Crippen LogP contribution in [0.15, 0.2) is 61.3 Å². The fraction of sp³-hybridized carbons (Fsp3) is 0.261. The smallest absolute Gasteiger partial charge is 0.143 e. The van der Waals surface area contributed by atoms with E-state index in [-0.39, 0.29) is 0 Å². The molecule has 2 aromatic heterocycles. The van der Waals surface area contributed by atoms with Crippen LogP contribution in [0.2, 0.25) is 0 Å². The van der Waals surface area contributed by atoms with Crippen molar-refractivity contribution in [2.75, 3.05) is 6.61 Å². The van der Waals surface area contributed by atoms with Gasteiger partial charge in [0.2, 0.25) is 0 Å². The lowest BCUT2D eigenvalue weighted by Gasteiger charge is -2.14. The molecule has 7 nitrogen and oxygen atoms in total. The first kappa shape index (κ1) is 19.7. The molecule has 0 N–H and O–H groups in total. The van der Waals surface area contributed by atoms with Crippen LogP contribution in [-0.4, -0.2) is 36.8 Å². The minimum Gasteiger partial charge on any atom is -0.493 e. The molecule has 0 saturated carbocycles. The normalized spacial score (nSPS) is 11.1. The zero-order valence-electron chi connectivity index (χ0n) is 17.4. The van der Waals surface area contributed by atoms with Crippen molar-refractivity contribution >= 4 is 0 Å². The van der Waals surface area contributed by atoms with Gasteiger partial charge in [0, 0.05) is 18.2 Å². The van der Waals surface area contributed by atoms with Crippen LogP contribution in [0.1, 0.15) is 36.5 Å². The summed E-state index contributed by atoms with van der Waals surface area (Å²) in [5.41, 5.74) is 6.34. The molecule has 0 bridgehead atoms. The molecular formula is C23H24N6O. The third-order valence-electron chi connectivity index (χ3n) is 4.91. The van der Waals surface area contributed by atoms with Crippen molar-refractivity contribution < 1.29 is 4.74 Å². The maximum atomic E-state index is 6.12. The molecule has 2 aromatic carbocycles. The van der Waals surface area contributed by atoms with E-state index in [0.29, 0.717) is 12.5 Å². The van der Waals surface area contributed by atoms with Crippen LogP contribution in [0.4, 0.5) is 0 Å². The van der Waals surface area contributed by atoms with Crippen molar-refractivity contribution in [1.82, 2.24) is 30.2 Å². The zero-order chi connectivity index (χ0) is 20.9. The van der Waals surface area contributed by atoms with Gasteiger partial charge in [-0.3, -0.25) is 0 Å². The molecular weight excluding hydrogens is 376 g/mol. The van der Waals surface area contributed by atoms with Crippen molar-refractivity contribution in [3.05, 3.63) is 78.0 Å². The number of ether oxygens (including phenoxy) is 1. The first-order valence-corrected chi connectivity index (χ1v) is 9.98. The fourth-order valence-corrected chi connectivity index (χ4v) is 3.47. The van der Waals surface area contributed by atoms with E-state index in [0.717, 1.165) is 45.8 Å². The molecule has 0 aliphatic heterocycles. The lowest BCUT2D eigenvalue weighted by Crippen LogP contribution is -2.06. The van der Waals surface area contributed by atoms with Gasteiger partial charge in [-0.1, -0.05) is 32.0 Å². The first-order chi connectivity index (χ1) is 14.6. The molecule has 0 aliphatic carbocycles. The Kier molecular flexibility index (Phi) is 5.79. The molecule has 4 aromatic rings. The highest BCUT2D eigenvalue weighted by Gasteiger charge is 2.12. The van der Waals surface area contributed by atoms with Crippen molar-refractivity contribution in [3.8, 4) is 22.7 Å². The zero-order valence-corrected chi connectivity index (χ0v) is 17.4. The van der Waals surface area contributed by atoms with Crippen LogP contribution < -0.4 is 4.74 Å². The second-order valence-electron chi connectivity index (χ2n) is 7.50. The van der Waals surface area contributed by atoms with Gasteiger partial charge < -0.3 is 4.74 Å². The minimum atomic E-state index is 0.342. The summed E-state index contributed by atoms with van der Waals surface area (Å²) in [5.74, 6) is 1.17. The molecule has 0 unspecified atom stereocenters. The summed E-state index contributed by atoms with van der Waals surface area (Å²) in [6.45, 7) is 6.91. The van der Waals surface area contributed by atoms with Gasteiger partial charge in [0.1, 0.15) is 18.4 Å². The molecule has 0 radical (unpaired) electrons.